The number of benzene rings is 1. The molecule has 1 aromatic heterocycles. The molecule has 1 atom stereocenters. The summed E-state index contributed by atoms with van der Waals surface area (Å²) in [5, 5.41) is 16.3. The van der Waals surface area contributed by atoms with Gasteiger partial charge >= 0.3 is 0 Å². The van der Waals surface area contributed by atoms with Gasteiger partial charge in [-0.2, -0.15) is 0 Å². The molecule has 1 unspecified atom stereocenters. The van der Waals surface area contributed by atoms with Gasteiger partial charge in [0, 0.05) is 50.5 Å². The Morgan fingerprint density at radius 3 is 2.79 bits per heavy atom. The van der Waals surface area contributed by atoms with Crippen molar-refractivity contribution in [1.29, 1.82) is 0 Å². The van der Waals surface area contributed by atoms with Crippen LogP contribution in [0.1, 0.15) is 38.4 Å². The number of nitrogens with one attached hydrogen (secondary N) is 2. The summed E-state index contributed by atoms with van der Waals surface area (Å²) in [6.45, 7) is 15.4. The average Bonchev–Trinajstić information content (AvgIpc) is 2.84. The molecule has 1 fully saturated rings. The lowest BCUT2D eigenvalue weighted by molar-refractivity contribution is 0.171. The van der Waals surface area contributed by atoms with Crippen molar-refractivity contribution in [3.8, 4) is 5.75 Å². The highest BCUT2D eigenvalue weighted by Gasteiger charge is 2.20. The largest absolute Gasteiger partial charge is 0.508 e. The number of phenols is 1. The molecule has 0 spiro atoms. The van der Waals surface area contributed by atoms with Gasteiger partial charge in [0.25, 0.3) is 0 Å². The lowest BCUT2D eigenvalue weighted by Crippen LogP contribution is -2.51. The average molecular weight is 448 g/mol. The van der Waals surface area contributed by atoms with Crippen molar-refractivity contribution in [3.63, 3.8) is 0 Å². The molecule has 0 saturated carbocycles. The highest BCUT2D eigenvalue weighted by atomic mass is 16.3. The van der Waals surface area contributed by atoms with Gasteiger partial charge in [0.1, 0.15) is 5.75 Å². The normalized spacial score (nSPS) is 18.0. The van der Waals surface area contributed by atoms with Crippen molar-refractivity contribution < 1.29 is 5.11 Å². The molecule has 0 radical (unpaired) electrons. The van der Waals surface area contributed by atoms with Crippen molar-refractivity contribution >= 4 is 11.5 Å². The van der Waals surface area contributed by atoms with E-state index in [1.165, 1.54) is 5.57 Å². The van der Waals surface area contributed by atoms with Crippen molar-refractivity contribution in [2.45, 2.75) is 39.7 Å². The Morgan fingerprint density at radius 1 is 1.27 bits per heavy atom. The fourth-order valence-electron chi connectivity index (χ4n) is 4.10. The minimum absolute atomic E-state index is 0.283. The molecule has 1 aliphatic rings. The molecular weight excluding hydrogens is 410 g/mol. The van der Waals surface area contributed by atoms with Gasteiger partial charge in [-0.1, -0.05) is 43.4 Å². The van der Waals surface area contributed by atoms with Crippen LogP contribution < -0.4 is 10.6 Å². The third-order valence-corrected chi connectivity index (χ3v) is 6.08. The van der Waals surface area contributed by atoms with Crippen molar-refractivity contribution in [2.75, 3.05) is 38.0 Å². The second kappa shape index (κ2) is 12.3. The molecule has 0 bridgehead atoms. The molecule has 1 aliphatic heterocycles. The number of aromatic hydroxyl groups is 1. The van der Waals surface area contributed by atoms with Gasteiger partial charge in [-0.25, -0.2) is 9.97 Å². The smallest absolute Gasteiger partial charge is 0.223 e. The Morgan fingerprint density at radius 2 is 2.06 bits per heavy atom. The molecule has 6 heteroatoms. The molecule has 1 aromatic carbocycles. The second-order valence-electron chi connectivity index (χ2n) is 8.64. The zero-order chi connectivity index (χ0) is 23.6. The van der Waals surface area contributed by atoms with E-state index in [4.69, 9.17) is 4.98 Å². The van der Waals surface area contributed by atoms with E-state index < -0.39 is 0 Å². The molecule has 3 N–H and O–H groups in total. The Bertz CT molecular complexity index is 980. The van der Waals surface area contributed by atoms with E-state index in [1.807, 2.05) is 24.3 Å². The number of hydrogen-bond acceptors (Lipinski definition) is 6. The maximum atomic E-state index is 9.43. The van der Waals surface area contributed by atoms with Crippen molar-refractivity contribution in [2.24, 2.45) is 0 Å². The summed E-state index contributed by atoms with van der Waals surface area (Å²) in [5.74, 6) is 0.894. The van der Waals surface area contributed by atoms with Crippen LogP contribution in [0.5, 0.6) is 5.75 Å². The summed E-state index contributed by atoms with van der Waals surface area (Å²) in [6.07, 6.45) is 7.91. The van der Waals surface area contributed by atoms with E-state index in [-0.39, 0.29) is 5.75 Å². The van der Waals surface area contributed by atoms with Gasteiger partial charge in [-0.3, -0.25) is 4.90 Å². The minimum Gasteiger partial charge on any atom is -0.508 e. The lowest BCUT2D eigenvalue weighted by Gasteiger charge is -2.36. The molecule has 0 aliphatic carbocycles. The number of phenolic OH excluding ortho intramolecular Hbond substituents is 1. The maximum absolute atomic E-state index is 9.43. The number of hydrogen-bond donors (Lipinski definition) is 3. The van der Waals surface area contributed by atoms with E-state index in [1.54, 1.807) is 18.3 Å². The zero-order valence-corrected chi connectivity index (χ0v) is 20.1. The summed E-state index contributed by atoms with van der Waals surface area (Å²) < 4.78 is 0. The van der Waals surface area contributed by atoms with E-state index in [9.17, 15) is 5.11 Å². The Kier molecular flexibility index (Phi) is 9.22. The van der Waals surface area contributed by atoms with E-state index in [0.29, 0.717) is 18.5 Å². The Labute approximate surface area is 198 Å². The number of piperazine rings is 1. The lowest BCUT2D eigenvalue weighted by atomic mass is 10.0. The van der Waals surface area contributed by atoms with Crippen LogP contribution in [0, 0.1) is 0 Å². The molecular formula is C27H37N5O. The monoisotopic (exact) mass is 447 g/mol. The van der Waals surface area contributed by atoms with E-state index in [2.05, 4.69) is 53.9 Å². The summed E-state index contributed by atoms with van der Waals surface area (Å²) >= 11 is 0. The highest BCUT2D eigenvalue weighted by molar-refractivity contribution is 5.77. The summed E-state index contributed by atoms with van der Waals surface area (Å²) in [4.78, 5) is 11.8. The Hall–Kier alpha value is -2.96. The van der Waals surface area contributed by atoms with E-state index in [0.717, 1.165) is 61.4 Å². The van der Waals surface area contributed by atoms with Gasteiger partial charge in [-0.05, 0) is 56.0 Å². The first kappa shape index (κ1) is 24.7. The van der Waals surface area contributed by atoms with Crippen LogP contribution in [0.4, 0.5) is 5.95 Å². The fraction of sp³-hybridized carbons (Fsp3) is 0.407. The molecule has 33 heavy (non-hydrogen) atoms. The zero-order valence-electron chi connectivity index (χ0n) is 20.1. The maximum Gasteiger partial charge on any atom is 0.223 e. The van der Waals surface area contributed by atoms with E-state index >= 15 is 0 Å². The molecule has 0 amide bonds. The predicted octanol–water partition coefficient (Wildman–Crippen LogP) is 4.43. The van der Waals surface area contributed by atoms with Gasteiger partial charge < -0.3 is 15.7 Å². The third kappa shape index (κ3) is 7.27. The summed E-state index contributed by atoms with van der Waals surface area (Å²) in [7, 11) is 0. The van der Waals surface area contributed by atoms with Crippen LogP contribution in [0.3, 0.4) is 0 Å². The van der Waals surface area contributed by atoms with Crippen LogP contribution in [0.2, 0.25) is 0 Å². The third-order valence-electron chi connectivity index (χ3n) is 6.08. The van der Waals surface area contributed by atoms with Crippen LogP contribution in [-0.4, -0.2) is 58.7 Å². The number of aromatic nitrogens is 2. The molecule has 2 heterocycles. The van der Waals surface area contributed by atoms with Gasteiger partial charge in [0.15, 0.2) is 0 Å². The summed E-state index contributed by atoms with van der Waals surface area (Å²) in [6, 6.07) is 9.81. The first-order valence-corrected chi connectivity index (χ1v) is 11.8. The molecule has 3 rings (SSSR count). The summed E-state index contributed by atoms with van der Waals surface area (Å²) in [5.41, 5.74) is 5.52. The standard InChI is InChI=1S/C27H37N5O/c1-5-21(4)25(17-20(3)19-32-16-15-28-18-23(32)6-2)26-12-14-30-27(31-26)29-13-11-22-7-9-24(33)10-8-22/h5,7-10,12,14,17,23,28,33H,1,6,11,13,15-16,18-19H2,2-4H3,(H,29,30,31)/b20-17+,25-21+. The van der Waals surface area contributed by atoms with Gasteiger partial charge in [-0.15, -0.1) is 0 Å². The fourth-order valence-corrected chi connectivity index (χ4v) is 4.10. The Balaban J connectivity index is 1.71. The number of rotatable bonds is 10. The number of allylic oxidation sites excluding steroid dienone is 4. The minimum atomic E-state index is 0.283. The van der Waals surface area contributed by atoms with Crippen molar-refractivity contribution in [3.05, 3.63) is 77.7 Å². The quantitative estimate of drug-likeness (QED) is 0.468. The molecule has 2 aromatic rings. The van der Waals surface area contributed by atoms with Gasteiger partial charge in [0.2, 0.25) is 5.95 Å². The second-order valence-corrected chi connectivity index (χ2v) is 8.64. The SMILES string of the molecule is C=C/C(C)=C(\C=C(/C)CN1CCNCC1CC)c1ccnc(NCCc2ccc(O)cc2)n1. The molecule has 6 nitrogen and oxygen atoms in total. The topological polar surface area (TPSA) is 73.3 Å². The van der Waals surface area contributed by atoms with Crippen LogP contribution >= 0.6 is 0 Å². The molecule has 176 valence electrons. The predicted molar refractivity (Wildman–Crippen MR) is 137 cm³/mol. The first-order valence-electron chi connectivity index (χ1n) is 11.8. The van der Waals surface area contributed by atoms with Crippen LogP contribution in [0.15, 0.2) is 66.4 Å². The van der Waals surface area contributed by atoms with Crippen LogP contribution in [0.25, 0.3) is 5.57 Å². The first-order chi connectivity index (χ1) is 16.0. The molecule has 1 saturated heterocycles. The number of anilines is 1. The van der Waals surface area contributed by atoms with Crippen molar-refractivity contribution in [1.82, 2.24) is 20.2 Å². The van der Waals surface area contributed by atoms with Gasteiger partial charge in [0.05, 0.1) is 5.69 Å². The van der Waals surface area contributed by atoms with Crippen LogP contribution in [-0.2, 0) is 6.42 Å². The highest BCUT2D eigenvalue weighted by Crippen LogP contribution is 2.22. The number of nitrogens with zero attached hydrogens (tertiary/aromatic N) is 3.